The highest BCUT2D eigenvalue weighted by molar-refractivity contribution is 5.99. The molecular weight excluding hydrogens is 452 g/mol. The van der Waals surface area contributed by atoms with E-state index in [-0.39, 0.29) is 11.4 Å². The zero-order valence-electron chi connectivity index (χ0n) is 20.2. The summed E-state index contributed by atoms with van der Waals surface area (Å²) in [7, 11) is 0. The number of primary amides is 1. The summed E-state index contributed by atoms with van der Waals surface area (Å²) in [6, 6.07) is 15.9. The molecule has 2 aromatic carbocycles. The van der Waals surface area contributed by atoms with Crippen LogP contribution in [0.15, 0.2) is 48.5 Å². The van der Waals surface area contributed by atoms with Crippen LogP contribution in [0.5, 0.6) is 0 Å². The van der Waals surface area contributed by atoms with Gasteiger partial charge in [-0.05, 0) is 48.4 Å². The number of rotatable bonds is 5. The topological polar surface area (TPSA) is 108 Å². The minimum Gasteiger partial charge on any atom is -0.366 e. The molecule has 3 amide bonds. The van der Waals surface area contributed by atoms with E-state index in [2.05, 4.69) is 27.3 Å². The van der Waals surface area contributed by atoms with Gasteiger partial charge in [-0.1, -0.05) is 42.5 Å². The van der Waals surface area contributed by atoms with Crippen LogP contribution in [0.3, 0.4) is 0 Å². The van der Waals surface area contributed by atoms with Gasteiger partial charge in [0.25, 0.3) is 0 Å². The number of hydrogen-bond acceptors (Lipinski definition) is 4. The van der Waals surface area contributed by atoms with Crippen LogP contribution in [0, 0.1) is 5.41 Å². The van der Waals surface area contributed by atoms with Gasteiger partial charge in [-0.3, -0.25) is 4.79 Å². The van der Waals surface area contributed by atoms with Crippen LogP contribution >= 0.6 is 0 Å². The van der Waals surface area contributed by atoms with Crippen LogP contribution in [0.4, 0.5) is 4.79 Å². The van der Waals surface area contributed by atoms with Crippen molar-refractivity contribution in [2.75, 3.05) is 26.2 Å². The first-order valence-corrected chi connectivity index (χ1v) is 12.9. The summed E-state index contributed by atoms with van der Waals surface area (Å²) in [6.45, 7) is 3.23. The number of benzene rings is 2. The van der Waals surface area contributed by atoms with Crippen LogP contribution in [-0.4, -0.2) is 63.1 Å². The van der Waals surface area contributed by atoms with Gasteiger partial charge in [-0.2, -0.15) is 0 Å². The maximum absolute atomic E-state index is 13.0. The van der Waals surface area contributed by atoms with Crippen molar-refractivity contribution in [3.05, 3.63) is 71.3 Å². The number of nitrogens with one attached hydrogen (secondary N) is 1. The molecule has 3 aromatic rings. The quantitative estimate of drug-likeness (QED) is 0.576. The molecule has 8 heteroatoms. The number of hydrogen-bond donors (Lipinski definition) is 2. The molecule has 2 aliphatic heterocycles. The molecule has 2 aliphatic carbocycles. The summed E-state index contributed by atoms with van der Waals surface area (Å²) in [5, 5.41) is 8.71. The third kappa shape index (κ3) is 3.58. The fraction of sp³-hybridized carbons (Fsp3) is 0.429. The number of amides is 3. The Kier molecular flexibility index (Phi) is 4.75. The molecule has 4 aliphatic rings. The lowest BCUT2D eigenvalue weighted by Crippen LogP contribution is -2.67. The van der Waals surface area contributed by atoms with Crippen LogP contribution in [0.1, 0.15) is 71.0 Å². The van der Waals surface area contributed by atoms with E-state index >= 15 is 0 Å². The number of aromatic nitrogens is 3. The number of H-pyrrole nitrogens is 1. The highest BCUT2D eigenvalue weighted by atomic mass is 16.2. The first-order chi connectivity index (χ1) is 17.5. The lowest BCUT2D eigenvalue weighted by molar-refractivity contribution is -0.0601. The Morgan fingerprint density at radius 1 is 0.861 bits per heavy atom. The Morgan fingerprint density at radius 3 is 2.19 bits per heavy atom. The first-order valence-electron chi connectivity index (χ1n) is 12.9. The SMILES string of the molecule is NC(=O)c1ccccc1-c1ccc(C2CN(C(=O)N3CC4(CC(c5nnc(C6CC6)[nH]5)C4)C3)C2)cc1. The number of nitrogens with two attached hydrogens (primary N) is 1. The van der Waals surface area contributed by atoms with Crippen molar-refractivity contribution in [1.82, 2.24) is 25.0 Å². The molecule has 3 heterocycles. The van der Waals surface area contributed by atoms with E-state index in [9.17, 15) is 9.59 Å². The second kappa shape index (κ2) is 7.91. The minimum absolute atomic E-state index is 0.169. The molecule has 0 radical (unpaired) electrons. The molecule has 1 aromatic heterocycles. The van der Waals surface area contributed by atoms with Gasteiger partial charge in [0.05, 0.1) is 0 Å². The highest BCUT2D eigenvalue weighted by Gasteiger charge is 2.56. The molecule has 36 heavy (non-hydrogen) atoms. The van der Waals surface area contributed by atoms with E-state index in [1.54, 1.807) is 6.07 Å². The van der Waals surface area contributed by atoms with Crippen LogP contribution in [0.25, 0.3) is 11.1 Å². The Hall–Kier alpha value is -3.68. The van der Waals surface area contributed by atoms with E-state index in [4.69, 9.17) is 5.73 Å². The van der Waals surface area contributed by atoms with Crippen molar-refractivity contribution >= 4 is 11.9 Å². The maximum Gasteiger partial charge on any atom is 0.320 e. The number of carbonyl (C=O) groups is 2. The summed E-state index contributed by atoms with van der Waals surface area (Å²) in [6.07, 6.45) is 4.66. The Bertz CT molecular complexity index is 1320. The Labute approximate surface area is 209 Å². The summed E-state index contributed by atoms with van der Waals surface area (Å²) in [4.78, 5) is 32.1. The predicted octanol–water partition coefficient (Wildman–Crippen LogP) is 3.85. The normalized spacial score (nSPS) is 21.1. The van der Waals surface area contributed by atoms with Crippen LogP contribution in [-0.2, 0) is 0 Å². The van der Waals surface area contributed by atoms with Crippen LogP contribution < -0.4 is 5.73 Å². The molecule has 7 rings (SSSR count). The smallest absolute Gasteiger partial charge is 0.320 e. The fourth-order valence-corrected chi connectivity index (χ4v) is 6.28. The number of nitrogens with zero attached hydrogens (tertiary/aromatic N) is 4. The zero-order valence-corrected chi connectivity index (χ0v) is 20.2. The molecule has 0 atom stereocenters. The maximum atomic E-state index is 13.0. The van der Waals surface area contributed by atoms with Crippen molar-refractivity contribution in [3.63, 3.8) is 0 Å². The molecule has 4 fully saturated rings. The molecular formula is C28H30N6O2. The number of aromatic amines is 1. The lowest BCUT2D eigenvalue weighted by Gasteiger charge is -2.59. The van der Waals surface area contributed by atoms with Crippen molar-refractivity contribution in [2.45, 2.75) is 43.4 Å². The molecule has 1 spiro atoms. The van der Waals surface area contributed by atoms with Crippen molar-refractivity contribution in [1.29, 1.82) is 0 Å². The predicted molar refractivity (Wildman–Crippen MR) is 134 cm³/mol. The molecule has 3 N–H and O–H groups in total. The van der Waals surface area contributed by atoms with Crippen molar-refractivity contribution in [2.24, 2.45) is 11.1 Å². The van der Waals surface area contributed by atoms with E-state index < -0.39 is 5.91 Å². The van der Waals surface area contributed by atoms with Gasteiger partial charge in [-0.25, -0.2) is 4.79 Å². The molecule has 2 saturated heterocycles. The molecule has 0 bridgehead atoms. The van der Waals surface area contributed by atoms with Gasteiger partial charge in [0.2, 0.25) is 5.91 Å². The second-order valence-electron chi connectivity index (χ2n) is 11.2. The minimum atomic E-state index is -0.422. The first kappa shape index (κ1) is 21.6. The van der Waals surface area contributed by atoms with E-state index in [0.717, 1.165) is 61.8 Å². The zero-order chi connectivity index (χ0) is 24.4. The molecule has 8 nitrogen and oxygen atoms in total. The number of urea groups is 1. The van der Waals surface area contributed by atoms with E-state index in [1.165, 1.54) is 18.4 Å². The van der Waals surface area contributed by atoms with Gasteiger partial charge >= 0.3 is 6.03 Å². The van der Waals surface area contributed by atoms with Crippen molar-refractivity contribution < 1.29 is 9.59 Å². The third-order valence-electron chi connectivity index (χ3n) is 8.59. The average Bonchev–Trinajstić information content (AvgIpc) is 3.54. The van der Waals surface area contributed by atoms with Gasteiger partial charge in [-0.15, -0.1) is 10.2 Å². The van der Waals surface area contributed by atoms with Crippen LogP contribution in [0.2, 0.25) is 0 Å². The van der Waals surface area contributed by atoms with Gasteiger partial charge in [0.1, 0.15) is 11.6 Å². The molecule has 0 unspecified atom stereocenters. The summed E-state index contributed by atoms with van der Waals surface area (Å²) >= 11 is 0. The van der Waals surface area contributed by atoms with E-state index in [0.29, 0.717) is 23.3 Å². The fourth-order valence-electron chi connectivity index (χ4n) is 6.28. The van der Waals surface area contributed by atoms with Gasteiger partial charge in [0.15, 0.2) is 0 Å². The third-order valence-corrected chi connectivity index (χ3v) is 8.59. The molecule has 184 valence electrons. The highest BCUT2D eigenvalue weighted by Crippen LogP contribution is 2.56. The monoisotopic (exact) mass is 482 g/mol. The van der Waals surface area contributed by atoms with Crippen molar-refractivity contribution in [3.8, 4) is 11.1 Å². The number of carbonyl (C=O) groups excluding carboxylic acids is 2. The number of likely N-dealkylation sites (tertiary alicyclic amines) is 2. The average molecular weight is 483 g/mol. The van der Waals surface area contributed by atoms with Gasteiger partial charge in [0, 0.05) is 54.9 Å². The largest absolute Gasteiger partial charge is 0.366 e. The standard InChI is InChI=1S/C28H30N6O2/c29-24(35)23-4-2-1-3-22(23)18-7-5-17(6-8-18)21-13-33(14-21)27(36)34-15-28(16-34)11-20(12-28)26-30-25(31-32-26)19-9-10-19/h1-8,19-21H,9-16H2,(H2,29,35)(H,30,31,32). The summed E-state index contributed by atoms with van der Waals surface area (Å²) < 4.78 is 0. The van der Waals surface area contributed by atoms with E-state index in [1.807, 2.05) is 40.1 Å². The Morgan fingerprint density at radius 2 is 1.53 bits per heavy atom. The van der Waals surface area contributed by atoms with Gasteiger partial charge < -0.3 is 20.5 Å². The summed E-state index contributed by atoms with van der Waals surface area (Å²) in [5.41, 5.74) is 9.39. The lowest BCUT2D eigenvalue weighted by atomic mass is 9.57. The summed E-state index contributed by atoms with van der Waals surface area (Å²) in [5.74, 6) is 3.11. The second-order valence-corrected chi connectivity index (χ2v) is 11.2. The molecule has 2 saturated carbocycles. The Balaban J connectivity index is 0.906.